The van der Waals surface area contributed by atoms with Crippen LogP contribution in [0.2, 0.25) is 0 Å². The Morgan fingerprint density at radius 3 is 1.97 bits per heavy atom. The van der Waals surface area contributed by atoms with Crippen LogP contribution in [0.15, 0.2) is 54.6 Å². The summed E-state index contributed by atoms with van der Waals surface area (Å²) in [6.45, 7) is 4.89. The summed E-state index contributed by atoms with van der Waals surface area (Å²) in [6, 6.07) is 5.91. The Balaban J connectivity index is 2.01. The largest absolute Gasteiger partial charge is 0.497 e. The van der Waals surface area contributed by atoms with Crippen molar-refractivity contribution in [3.63, 3.8) is 0 Å². The molecular weight excluding hydrogens is 782 g/mol. The highest BCUT2D eigenvalue weighted by Crippen LogP contribution is 2.36. The first-order valence-corrected chi connectivity index (χ1v) is 17.0. The molecule has 0 heterocycles. The third kappa shape index (κ3) is 12.9. The van der Waals surface area contributed by atoms with Crippen LogP contribution >= 0.6 is 0 Å². The third-order valence-electron chi connectivity index (χ3n) is 7.87. The average molecular weight is 824 g/mol. The van der Waals surface area contributed by atoms with Crippen LogP contribution in [0.1, 0.15) is 43.5 Å². The molecule has 0 saturated carbocycles. The molecule has 0 aromatic heterocycles. The topological polar surface area (TPSA) is 223 Å². The van der Waals surface area contributed by atoms with Crippen molar-refractivity contribution in [1.82, 2.24) is 21.3 Å². The Morgan fingerprint density at radius 1 is 0.776 bits per heavy atom. The second-order valence-electron chi connectivity index (χ2n) is 13.3. The minimum Gasteiger partial charge on any atom is -0.497 e. The molecule has 0 aliphatic rings. The zero-order valence-corrected chi connectivity index (χ0v) is 32.2. The van der Waals surface area contributed by atoms with E-state index in [1.165, 1.54) is 57.7 Å². The van der Waals surface area contributed by atoms with E-state index < -0.39 is 89.0 Å². The van der Waals surface area contributed by atoms with E-state index in [1.54, 1.807) is 26.1 Å². The van der Waals surface area contributed by atoms with Crippen molar-refractivity contribution in [2.24, 2.45) is 0 Å². The van der Waals surface area contributed by atoms with Gasteiger partial charge in [0.15, 0.2) is 11.5 Å². The van der Waals surface area contributed by atoms with Crippen molar-refractivity contribution >= 4 is 35.5 Å². The molecule has 4 N–H and O–H groups in total. The number of likely N-dealkylation sites (N-methyl/N-ethyl adjacent to an activating group) is 1. The predicted molar refractivity (Wildman–Crippen MR) is 195 cm³/mol. The Morgan fingerprint density at radius 2 is 1.40 bits per heavy atom. The van der Waals surface area contributed by atoms with Gasteiger partial charge in [-0.05, 0) is 67.8 Å². The van der Waals surface area contributed by atoms with E-state index in [1.807, 2.05) is 0 Å². The fraction of sp³-hybridized carbons (Fsp3) is 0.378. The van der Waals surface area contributed by atoms with Gasteiger partial charge in [-0.15, -0.1) is 0 Å². The molecule has 0 bridgehead atoms. The number of benzene rings is 3. The molecule has 0 aliphatic heterocycles. The normalized spacial score (nSPS) is 12.8. The van der Waals surface area contributed by atoms with Crippen molar-refractivity contribution in [3.05, 3.63) is 87.2 Å². The molecule has 0 spiro atoms. The summed E-state index contributed by atoms with van der Waals surface area (Å²) in [5, 5.41) is 20.0. The van der Waals surface area contributed by atoms with Gasteiger partial charge in [0.1, 0.15) is 35.2 Å². The highest BCUT2D eigenvalue weighted by Gasteiger charge is 2.41. The molecule has 21 heteroatoms. The number of alkyl carbamates (subject to hydrolysis) is 1. The van der Waals surface area contributed by atoms with Gasteiger partial charge in [-0.3, -0.25) is 24.5 Å². The fourth-order valence-corrected chi connectivity index (χ4v) is 5.22. The first kappa shape index (κ1) is 45.7. The number of nitro groups is 1. The van der Waals surface area contributed by atoms with Crippen molar-refractivity contribution in [1.29, 1.82) is 0 Å². The van der Waals surface area contributed by atoms with Crippen molar-refractivity contribution < 1.29 is 70.1 Å². The second-order valence-corrected chi connectivity index (χ2v) is 13.3. The first-order valence-electron chi connectivity index (χ1n) is 17.0. The number of carbonyl (C=O) groups is 5. The lowest BCUT2D eigenvalue weighted by Crippen LogP contribution is -2.55. The second kappa shape index (κ2) is 19.5. The Kier molecular flexibility index (Phi) is 15.3. The van der Waals surface area contributed by atoms with Gasteiger partial charge in [0.05, 0.1) is 26.3 Å². The van der Waals surface area contributed by atoms with Crippen LogP contribution in [0.3, 0.4) is 0 Å². The maximum atomic E-state index is 13.9. The maximum absolute atomic E-state index is 13.9. The molecule has 0 radical (unpaired) electrons. The summed E-state index contributed by atoms with van der Waals surface area (Å²) in [6.07, 6.45) is -7.49. The van der Waals surface area contributed by atoms with Crippen molar-refractivity contribution in [3.8, 4) is 23.0 Å². The number of nitro benzene ring substituents is 1. The SMILES string of the molecule is CNC(=O)[C@@H](NC(=O)OC(C)(C)C)c1cc(OC)cc(Oc2cc(C[C@@H](NC(=O)C(F)(F)F)C(=O)N[C@H](Cc3ccc(F)c([N+](=O)[O-])c3)C(=O)OC)ccc2OC)c1. The monoisotopic (exact) mass is 823 g/mol. The number of halogens is 4. The third-order valence-corrected chi connectivity index (χ3v) is 7.87. The number of nitrogens with zero attached hydrogens (tertiary/aromatic N) is 1. The molecule has 3 rings (SSSR count). The molecule has 3 aromatic rings. The summed E-state index contributed by atoms with van der Waals surface area (Å²) in [4.78, 5) is 74.1. The number of hydrogen-bond donors (Lipinski definition) is 4. The van der Waals surface area contributed by atoms with Gasteiger partial charge in [0.2, 0.25) is 17.6 Å². The molecule has 0 aliphatic carbocycles. The molecule has 17 nitrogen and oxygen atoms in total. The van der Waals surface area contributed by atoms with Crippen LogP contribution in [0, 0.1) is 15.9 Å². The number of amides is 4. The zero-order chi connectivity index (χ0) is 43.5. The van der Waals surface area contributed by atoms with E-state index in [-0.39, 0.29) is 39.7 Å². The van der Waals surface area contributed by atoms with Gasteiger partial charge in [-0.2, -0.15) is 17.6 Å². The molecule has 0 fully saturated rings. The van der Waals surface area contributed by atoms with Gasteiger partial charge in [0, 0.05) is 32.0 Å². The number of ether oxygens (including phenoxy) is 5. The summed E-state index contributed by atoms with van der Waals surface area (Å²) in [5.74, 6) is -6.50. The number of methoxy groups -OCH3 is 3. The molecule has 0 unspecified atom stereocenters. The fourth-order valence-electron chi connectivity index (χ4n) is 5.22. The first-order chi connectivity index (χ1) is 27.1. The minimum atomic E-state index is -5.43. The zero-order valence-electron chi connectivity index (χ0n) is 32.2. The van der Waals surface area contributed by atoms with Crippen LogP contribution in [0.5, 0.6) is 23.0 Å². The van der Waals surface area contributed by atoms with E-state index in [4.69, 9.17) is 23.7 Å². The minimum absolute atomic E-state index is 0.0143. The lowest BCUT2D eigenvalue weighted by atomic mass is 10.0. The van der Waals surface area contributed by atoms with Crippen LogP contribution in [0.25, 0.3) is 0 Å². The van der Waals surface area contributed by atoms with Gasteiger partial charge in [0.25, 0.3) is 0 Å². The number of hydrogen-bond acceptors (Lipinski definition) is 12. The molecule has 58 heavy (non-hydrogen) atoms. The average Bonchev–Trinajstić information content (AvgIpc) is 3.15. The van der Waals surface area contributed by atoms with E-state index in [0.717, 1.165) is 25.3 Å². The Bertz CT molecular complexity index is 2020. The Labute approximate surface area is 328 Å². The van der Waals surface area contributed by atoms with Gasteiger partial charge in [-0.25, -0.2) is 9.59 Å². The molecule has 314 valence electrons. The lowest BCUT2D eigenvalue weighted by Gasteiger charge is -2.24. The molecular formula is C37H41F4N5O12. The highest BCUT2D eigenvalue weighted by atomic mass is 19.4. The van der Waals surface area contributed by atoms with Crippen molar-refractivity contribution in [2.75, 3.05) is 28.4 Å². The molecule has 3 aromatic carbocycles. The number of rotatable bonds is 16. The van der Waals surface area contributed by atoms with Gasteiger partial charge >= 0.3 is 29.8 Å². The quantitative estimate of drug-likeness (QED) is 0.0686. The predicted octanol–water partition coefficient (Wildman–Crippen LogP) is 4.35. The number of carbonyl (C=O) groups excluding carboxylic acids is 5. The summed E-state index contributed by atoms with van der Waals surface area (Å²) in [5.41, 5.74) is -1.57. The smallest absolute Gasteiger partial charge is 0.471 e. The van der Waals surface area contributed by atoms with Gasteiger partial charge < -0.3 is 45.0 Å². The number of nitrogens with one attached hydrogen (secondary N) is 4. The lowest BCUT2D eigenvalue weighted by molar-refractivity contribution is -0.387. The number of alkyl halides is 3. The van der Waals surface area contributed by atoms with Crippen LogP contribution < -0.4 is 35.5 Å². The van der Waals surface area contributed by atoms with E-state index in [2.05, 4.69) is 16.0 Å². The Hall–Kier alpha value is -6.67. The van der Waals surface area contributed by atoms with Crippen LogP contribution in [-0.4, -0.2) is 86.9 Å². The highest BCUT2D eigenvalue weighted by molar-refractivity contribution is 5.92. The van der Waals surface area contributed by atoms with Gasteiger partial charge in [-0.1, -0.05) is 12.1 Å². The molecule has 4 amide bonds. The molecule has 0 saturated heterocycles. The summed E-state index contributed by atoms with van der Waals surface area (Å²) < 4.78 is 81.1. The van der Waals surface area contributed by atoms with E-state index >= 15 is 0 Å². The summed E-state index contributed by atoms with van der Waals surface area (Å²) in [7, 11) is 4.90. The van der Waals surface area contributed by atoms with E-state index in [9.17, 15) is 51.6 Å². The van der Waals surface area contributed by atoms with E-state index in [0.29, 0.717) is 0 Å². The maximum Gasteiger partial charge on any atom is 0.471 e. The number of esters is 1. The summed E-state index contributed by atoms with van der Waals surface area (Å²) >= 11 is 0. The van der Waals surface area contributed by atoms with Crippen LogP contribution in [-0.2, 0) is 41.5 Å². The van der Waals surface area contributed by atoms with Crippen molar-refractivity contribution in [2.45, 2.75) is 63.5 Å². The standard InChI is InChI=1S/C37H41F4N5O12/c1-36(2,3)58-35(51)45-30(32(48)42-4)21-16-22(54-5)18-23(17-21)57-29-15-20(9-11-28(29)55-6)12-25(44-34(50)37(39,40)41)31(47)43-26(33(49)56-7)13-19-8-10-24(38)27(14-19)46(52)53/h8-11,14-18,25-26,30H,12-13H2,1-7H3,(H,42,48)(H,43,47)(H,44,50)(H,45,51)/t25-,26-,30+/m1/s1. The van der Waals surface area contributed by atoms with Crippen LogP contribution in [0.4, 0.5) is 28.0 Å². The molecule has 3 atom stereocenters.